The molecule has 0 unspecified atom stereocenters. The van der Waals surface area contributed by atoms with Crippen molar-refractivity contribution in [1.29, 1.82) is 0 Å². The molecule has 0 aliphatic rings. The summed E-state index contributed by atoms with van der Waals surface area (Å²) >= 11 is 8.97. The lowest BCUT2D eigenvalue weighted by Gasteiger charge is -2.14. The van der Waals surface area contributed by atoms with Gasteiger partial charge in [0.15, 0.2) is 4.34 Å². The van der Waals surface area contributed by atoms with Crippen LogP contribution in [0.5, 0.6) is 0 Å². The average molecular weight is 494 g/mol. The number of thioether (sulfide) groups is 1. The van der Waals surface area contributed by atoms with Crippen molar-refractivity contribution in [1.82, 2.24) is 4.98 Å². The number of rotatable bonds is 8. The van der Waals surface area contributed by atoms with E-state index < -0.39 is 0 Å². The van der Waals surface area contributed by atoms with Crippen molar-refractivity contribution >= 4 is 68.4 Å². The van der Waals surface area contributed by atoms with E-state index in [1.807, 2.05) is 48.7 Å². The smallest absolute Gasteiger partial charge is 0.234 e. The number of halogens is 1. The van der Waals surface area contributed by atoms with E-state index >= 15 is 0 Å². The Morgan fingerprint density at radius 1 is 1.09 bits per heavy atom. The van der Waals surface area contributed by atoms with E-state index in [0.717, 1.165) is 44.3 Å². The van der Waals surface area contributed by atoms with E-state index in [1.165, 1.54) is 22.9 Å². The maximum absolute atomic E-state index is 12.6. The van der Waals surface area contributed by atoms with Gasteiger partial charge in [-0.2, -0.15) is 0 Å². The summed E-state index contributed by atoms with van der Waals surface area (Å²) in [7, 11) is 0. The monoisotopic (exact) mass is 493 g/mol. The van der Waals surface area contributed by atoms with Gasteiger partial charge < -0.3 is 5.32 Å². The van der Waals surface area contributed by atoms with E-state index in [2.05, 4.69) is 47.3 Å². The van der Waals surface area contributed by atoms with Crippen LogP contribution < -0.4 is 5.32 Å². The minimum Gasteiger partial charge on any atom is -0.325 e. The van der Waals surface area contributed by atoms with Gasteiger partial charge in [-0.25, -0.2) is 4.98 Å². The summed E-state index contributed by atoms with van der Waals surface area (Å²) < 4.78 is 1.92. The molecule has 168 valence electrons. The maximum Gasteiger partial charge on any atom is 0.234 e. The van der Waals surface area contributed by atoms with Crippen molar-refractivity contribution in [3.63, 3.8) is 0 Å². The van der Waals surface area contributed by atoms with Gasteiger partial charge in [-0.15, -0.1) is 11.3 Å². The first-order valence-electron chi connectivity index (χ1n) is 10.8. The van der Waals surface area contributed by atoms with Crippen LogP contribution in [0.15, 0.2) is 70.0 Å². The Balaban J connectivity index is 1.41. The Labute approximate surface area is 207 Å². The molecule has 0 bridgehead atoms. The largest absolute Gasteiger partial charge is 0.325 e. The lowest BCUT2D eigenvalue weighted by atomic mass is 10.0. The zero-order valence-electron chi connectivity index (χ0n) is 18.5. The molecule has 33 heavy (non-hydrogen) atoms. The van der Waals surface area contributed by atoms with Gasteiger partial charge >= 0.3 is 0 Å². The van der Waals surface area contributed by atoms with Crippen LogP contribution in [0.25, 0.3) is 10.2 Å². The van der Waals surface area contributed by atoms with Crippen molar-refractivity contribution in [3.8, 4) is 0 Å². The lowest BCUT2D eigenvalue weighted by molar-refractivity contribution is -0.113. The zero-order valence-corrected chi connectivity index (χ0v) is 20.9. The highest BCUT2D eigenvalue weighted by atomic mass is 35.5. The summed E-state index contributed by atoms with van der Waals surface area (Å²) in [5.41, 5.74) is 6.05. The summed E-state index contributed by atoms with van der Waals surface area (Å²) in [6.45, 7) is 4.21. The SMILES string of the molecule is CCc1cccc(CC)c1NC(=O)CSc1nc2ccc(N=Cc3ccc(Cl)cc3)cc2s1. The first-order chi connectivity index (χ1) is 16.1. The number of hydrogen-bond donors (Lipinski definition) is 1. The van der Waals surface area contributed by atoms with Crippen molar-refractivity contribution in [2.75, 3.05) is 11.1 Å². The summed E-state index contributed by atoms with van der Waals surface area (Å²) in [6.07, 6.45) is 3.59. The van der Waals surface area contributed by atoms with Gasteiger partial charge in [0.05, 0.1) is 21.7 Å². The zero-order chi connectivity index (χ0) is 23.2. The molecule has 0 spiro atoms. The minimum absolute atomic E-state index is 0.0110. The Kier molecular flexibility index (Phi) is 7.81. The molecule has 0 aliphatic carbocycles. The van der Waals surface area contributed by atoms with Gasteiger partial charge in [0.2, 0.25) is 5.91 Å². The molecule has 0 radical (unpaired) electrons. The van der Waals surface area contributed by atoms with Crippen LogP contribution >= 0.6 is 34.7 Å². The standard InChI is InChI=1S/C26H24ClN3OS2/c1-3-18-6-5-7-19(4-2)25(18)30-24(31)16-32-26-29-22-13-12-21(14-23(22)33-26)28-15-17-8-10-20(27)11-9-17/h5-15H,3-4,16H2,1-2H3,(H,30,31). The number of anilines is 1. The van der Waals surface area contributed by atoms with Gasteiger partial charge in [-0.1, -0.05) is 67.5 Å². The van der Waals surface area contributed by atoms with Crippen molar-refractivity contribution < 1.29 is 4.79 Å². The average Bonchev–Trinajstić information content (AvgIpc) is 3.25. The van der Waals surface area contributed by atoms with Crippen LogP contribution in [0, 0.1) is 0 Å². The summed E-state index contributed by atoms with van der Waals surface area (Å²) in [6, 6.07) is 19.7. The number of benzene rings is 3. The molecule has 3 aromatic carbocycles. The summed E-state index contributed by atoms with van der Waals surface area (Å²) in [4.78, 5) is 21.9. The molecule has 1 N–H and O–H groups in total. The summed E-state index contributed by atoms with van der Waals surface area (Å²) in [5.74, 6) is 0.311. The van der Waals surface area contributed by atoms with E-state index in [-0.39, 0.29) is 5.91 Å². The van der Waals surface area contributed by atoms with Crippen LogP contribution in [0.4, 0.5) is 11.4 Å². The number of thiazole rings is 1. The van der Waals surface area contributed by atoms with E-state index in [4.69, 9.17) is 11.6 Å². The van der Waals surface area contributed by atoms with Gasteiger partial charge in [-0.3, -0.25) is 9.79 Å². The third-order valence-electron chi connectivity index (χ3n) is 5.18. The number of nitrogens with zero attached hydrogens (tertiary/aromatic N) is 2. The number of aromatic nitrogens is 1. The topological polar surface area (TPSA) is 54.4 Å². The third-order valence-corrected chi connectivity index (χ3v) is 7.59. The predicted octanol–water partition coefficient (Wildman–Crippen LogP) is 7.56. The molecule has 0 saturated heterocycles. The highest BCUT2D eigenvalue weighted by Gasteiger charge is 2.12. The quantitative estimate of drug-likeness (QED) is 0.203. The highest BCUT2D eigenvalue weighted by molar-refractivity contribution is 8.01. The third kappa shape index (κ3) is 6.02. The Hall–Kier alpha value is -2.67. The fourth-order valence-electron chi connectivity index (χ4n) is 3.44. The summed E-state index contributed by atoms with van der Waals surface area (Å²) in [5, 5.41) is 3.83. The molecule has 0 aliphatic heterocycles. The normalized spacial score (nSPS) is 11.4. The molecular formula is C26H24ClN3OS2. The molecule has 1 amide bonds. The number of amides is 1. The lowest BCUT2D eigenvalue weighted by Crippen LogP contribution is -2.16. The molecule has 1 heterocycles. The maximum atomic E-state index is 12.6. The van der Waals surface area contributed by atoms with Crippen LogP contribution in [-0.2, 0) is 17.6 Å². The Morgan fingerprint density at radius 2 is 1.82 bits per heavy atom. The second-order valence-corrected chi connectivity index (χ2v) is 10.1. The molecular weight excluding hydrogens is 470 g/mol. The number of hydrogen-bond acceptors (Lipinski definition) is 5. The molecule has 4 aromatic rings. The number of nitrogens with one attached hydrogen (secondary N) is 1. The van der Waals surface area contributed by atoms with Gasteiger partial charge in [0.1, 0.15) is 0 Å². The number of carbonyl (C=O) groups excluding carboxylic acids is 1. The highest BCUT2D eigenvalue weighted by Crippen LogP contribution is 2.32. The van der Waals surface area contributed by atoms with Crippen LogP contribution in [-0.4, -0.2) is 22.9 Å². The Bertz CT molecular complexity index is 1280. The van der Waals surface area contributed by atoms with Crippen LogP contribution in [0.1, 0.15) is 30.5 Å². The molecule has 1 aromatic heterocycles. The van der Waals surface area contributed by atoms with E-state index in [1.54, 1.807) is 11.3 Å². The molecule has 4 nitrogen and oxygen atoms in total. The van der Waals surface area contributed by atoms with Gasteiger partial charge in [0, 0.05) is 16.9 Å². The van der Waals surface area contributed by atoms with Crippen LogP contribution in [0.3, 0.4) is 0 Å². The molecule has 0 fully saturated rings. The van der Waals surface area contributed by atoms with E-state index in [0.29, 0.717) is 10.8 Å². The van der Waals surface area contributed by atoms with E-state index in [9.17, 15) is 4.79 Å². The van der Waals surface area contributed by atoms with Gasteiger partial charge in [-0.05, 0) is 59.9 Å². The molecule has 0 saturated carbocycles. The van der Waals surface area contributed by atoms with Crippen molar-refractivity contribution in [2.45, 2.75) is 31.0 Å². The number of aryl methyl sites for hydroxylation is 2. The molecule has 7 heteroatoms. The molecule has 4 rings (SSSR count). The number of aliphatic imine (C=N–C) groups is 1. The number of fused-ring (bicyclic) bond motifs is 1. The number of carbonyl (C=O) groups is 1. The predicted molar refractivity (Wildman–Crippen MR) is 143 cm³/mol. The second kappa shape index (κ2) is 11.0. The van der Waals surface area contributed by atoms with Crippen molar-refractivity contribution in [2.24, 2.45) is 4.99 Å². The van der Waals surface area contributed by atoms with Gasteiger partial charge in [0.25, 0.3) is 0 Å². The van der Waals surface area contributed by atoms with Crippen molar-refractivity contribution in [3.05, 3.63) is 82.4 Å². The first kappa shape index (κ1) is 23.5. The number of para-hydroxylation sites is 1. The minimum atomic E-state index is -0.0110. The fraction of sp³-hybridized carbons (Fsp3) is 0.192. The Morgan fingerprint density at radius 3 is 2.52 bits per heavy atom. The molecule has 0 atom stereocenters. The fourth-order valence-corrected chi connectivity index (χ4v) is 5.47. The van der Waals surface area contributed by atoms with Crippen LogP contribution in [0.2, 0.25) is 5.02 Å². The second-order valence-electron chi connectivity index (χ2n) is 7.44. The first-order valence-corrected chi connectivity index (χ1v) is 13.0.